The van der Waals surface area contributed by atoms with Gasteiger partial charge in [-0.05, 0) is 18.9 Å². The van der Waals surface area contributed by atoms with Gasteiger partial charge in [0.15, 0.2) is 5.78 Å². The molecule has 0 heterocycles. The zero-order valence-corrected chi connectivity index (χ0v) is 12.7. The van der Waals surface area contributed by atoms with Gasteiger partial charge < -0.3 is 5.32 Å². The van der Waals surface area contributed by atoms with Crippen LogP contribution in [0.15, 0.2) is 18.2 Å². The molecule has 0 atom stereocenters. The molecule has 23 heavy (non-hydrogen) atoms. The Morgan fingerprint density at radius 2 is 1.65 bits per heavy atom. The van der Waals surface area contributed by atoms with Gasteiger partial charge in [0.2, 0.25) is 0 Å². The van der Waals surface area contributed by atoms with Gasteiger partial charge in [0.1, 0.15) is 5.56 Å². The van der Waals surface area contributed by atoms with E-state index in [4.69, 9.17) is 0 Å². The Morgan fingerprint density at radius 3 is 2.17 bits per heavy atom. The van der Waals surface area contributed by atoms with E-state index in [1.807, 2.05) is 0 Å². The lowest BCUT2D eigenvalue weighted by atomic mass is 9.95. The summed E-state index contributed by atoms with van der Waals surface area (Å²) < 4.78 is 0. The molecule has 1 saturated carbocycles. The first-order valence-corrected chi connectivity index (χ1v) is 7.65. The number of nitrogens with zero attached hydrogens (tertiary/aromatic N) is 2. The van der Waals surface area contributed by atoms with E-state index < -0.39 is 9.85 Å². The van der Waals surface area contributed by atoms with E-state index in [1.54, 1.807) is 0 Å². The van der Waals surface area contributed by atoms with Crippen LogP contribution in [0, 0.1) is 20.2 Å². The molecule has 2 rings (SSSR count). The summed E-state index contributed by atoms with van der Waals surface area (Å²) in [6, 6.07) is 3.91. The van der Waals surface area contributed by atoms with Gasteiger partial charge in [-0.25, -0.2) is 0 Å². The van der Waals surface area contributed by atoms with Crippen LogP contribution in [-0.2, 0) is 11.2 Å². The molecule has 0 aromatic heterocycles. The lowest BCUT2D eigenvalue weighted by molar-refractivity contribution is -0.395. The Kier molecular flexibility index (Phi) is 5.75. The SMILES string of the molecule is O=C(CNC1CCCCC1)Cc1c([N+](=O)[O-])cccc1[N+](=O)[O-]. The van der Waals surface area contributed by atoms with Gasteiger partial charge in [0.25, 0.3) is 11.4 Å². The second kappa shape index (κ2) is 7.77. The van der Waals surface area contributed by atoms with E-state index in [1.165, 1.54) is 24.6 Å². The zero-order chi connectivity index (χ0) is 16.8. The molecule has 0 amide bonds. The molecular weight excluding hydrogens is 302 g/mol. The molecule has 0 radical (unpaired) electrons. The molecule has 124 valence electrons. The molecule has 0 unspecified atom stereocenters. The molecule has 0 bridgehead atoms. The number of benzene rings is 1. The summed E-state index contributed by atoms with van der Waals surface area (Å²) in [4.78, 5) is 32.8. The van der Waals surface area contributed by atoms with Gasteiger partial charge in [-0.2, -0.15) is 0 Å². The maximum Gasteiger partial charge on any atom is 0.279 e. The minimum absolute atomic E-state index is 0.0773. The molecular formula is C15H19N3O5. The summed E-state index contributed by atoms with van der Waals surface area (Å²) in [6.07, 6.45) is 5.17. The highest BCUT2D eigenvalue weighted by molar-refractivity contribution is 5.85. The van der Waals surface area contributed by atoms with Gasteiger partial charge in [0, 0.05) is 24.6 Å². The highest BCUT2D eigenvalue weighted by Gasteiger charge is 2.26. The number of nitro benzene ring substituents is 2. The molecule has 1 fully saturated rings. The van der Waals surface area contributed by atoms with Crippen LogP contribution in [0.5, 0.6) is 0 Å². The fourth-order valence-corrected chi connectivity index (χ4v) is 2.91. The largest absolute Gasteiger partial charge is 0.307 e. The van der Waals surface area contributed by atoms with E-state index in [-0.39, 0.29) is 41.7 Å². The molecule has 1 aliphatic rings. The van der Waals surface area contributed by atoms with Crippen LogP contribution in [0.1, 0.15) is 37.7 Å². The number of nitrogens with one attached hydrogen (secondary N) is 1. The standard InChI is InChI=1S/C15H19N3O5/c19-12(10-16-11-5-2-1-3-6-11)9-13-14(17(20)21)7-4-8-15(13)18(22)23/h4,7-8,11,16H,1-3,5-6,9-10H2. The molecule has 0 aliphatic heterocycles. The van der Waals surface area contributed by atoms with Gasteiger partial charge in [-0.1, -0.05) is 19.3 Å². The van der Waals surface area contributed by atoms with Crippen molar-refractivity contribution in [3.05, 3.63) is 44.0 Å². The molecule has 0 spiro atoms. The minimum atomic E-state index is -0.690. The number of nitro groups is 2. The fraction of sp³-hybridized carbons (Fsp3) is 0.533. The monoisotopic (exact) mass is 321 g/mol. The van der Waals surface area contributed by atoms with Gasteiger partial charge in [-0.3, -0.25) is 25.0 Å². The Balaban J connectivity index is 2.07. The fourth-order valence-electron chi connectivity index (χ4n) is 2.91. The summed E-state index contributed by atoms with van der Waals surface area (Å²) in [5.41, 5.74) is -0.895. The first kappa shape index (κ1) is 17.0. The second-order valence-electron chi connectivity index (χ2n) is 5.72. The molecule has 1 aromatic carbocycles. The van der Waals surface area contributed by atoms with Crippen LogP contribution in [0.3, 0.4) is 0 Å². The lowest BCUT2D eigenvalue weighted by Gasteiger charge is -2.22. The third-order valence-electron chi connectivity index (χ3n) is 4.09. The molecule has 1 aromatic rings. The van der Waals surface area contributed by atoms with Crippen LogP contribution >= 0.6 is 0 Å². The number of ketones is 1. The van der Waals surface area contributed by atoms with E-state index in [9.17, 15) is 25.0 Å². The van der Waals surface area contributed by atoms with Gasteiger partial charge in [-0.15, -0.1) is 0 Å². The Bertz CT molecular complexity index is 579. The maximum atomic E-state index is 12.1. The second-order valence-corrected chi connectivity index (χ2v) is 5.72. The van der Waals surface area contributed by atoms with Crippen LogP contribution in [0.2, 0.25) is 0 Å². The maximum absolute atomic E-state index is 12.1. The van der Waals surface area contributed by atoms with Crippen LogP contribution in [0.4, 0.5) is 11.4 Å². The highest BCUT2D eigenvalue weighted by Crippen LogP contribution is 2.28. The summed E-state index contributed by atoms with van der Waals surface area (Å²) in [6.45, 7) is 0.0773. The van der Waals surface area contributed by atoms with Crippen LogP contribution < -0.4 is 5.32 Å². The smallest absolute Gasteiger partial charge is 0.279 e. The summed E-state index contributed by atoms with van der Waals surface area (Å²) in [5.74, 6) is -0.284. The first-order chi connectivity index (χ1) is 11.0. The first-order valence-electron chi connectivity index (χ1n) is 7.65. The van der Waals surface area contributed by atoms with Crippen LogP contribution in [-0.4, -0.2) is 28.2 Å². The van der Waals surface area contributed by atoms with Crippen molar-refractivity contribution in [1.29, 1.82) is 0 Å². The van der Waals surface area contributed by atoms with Gasteiger partial charge in [0.05, 0.1) is 16.4 Å². The Hall–Kier alpha value is -2.35. The Morgan fingerprint density at radius 1 is 1.09 bits per heavy atom. The normalized spacial score (nSPS) is 15.3. The van der Waals surface area contributed by atoms with Crippen molar-refractivity contribution in [1.82, 2.24) is 5.32 Å². The molecule has 8 heteroatoms. The molecule has 0 saturated heterocycles. The van der Waals surface area contributed by atoms with Gasteiger partial charge >= 0.3 is 0 Å². The number of hydrogen-bond acceptors (Lipinski definition) is 6. The van der Waals surface area contributed by atoms with Crippen molar-refractivity contribution >= 4 is 17.2 Å². The molecule has 1 aliphatic carbocycles. The number of carbonyl (C=O) groups is 1. The Labute approximate surface area is 133 Å². The average Bonchev–Trinajstić information content (AvgIpc) is 2.53. The van der Waals surface area contributed by atoms with E-state index >= 15 is 0 Å². The van der Waals surface area contributed by atoms with Crippen molar-refractivity contribution in [2.75, 3.05) is 6.54 Å². The quantitative estimate of drug-likeness (QED) is 0.609. The number of Topliss-reactive ketones (excluding diaryl/α,β-unsaturated/α-hetero) is 1. The van der Waals surface area contributed by atoms with E-state index in [0.717, 1.165) is 25.7 Å². The highest BCUT2D eigenvalue weighted by atomic mass is 16.6. The molecule has 1 N–H and O–H groups in total. The van der Waals surface area contributed by atoms with Crippen molar-refractivity contribution in [3.63, 3.8) is 0 Å². The number of carbonyl (C=O) groups excluding carboxylic acids is 1. The average molecular weight is 321 g/mol. The third kappa shape index (κ3) is 4.56. The third-order valence-corrected chi connectivity index (χ3v) is 4.09. The van der Waals surface area contributed by atoms with Crippen molar-refractivity contribution in [3.8, 4) is 0 Å². The summed E-state index contributed by atoms with van der Waals surface area (Å²) in [5, 5.41) is 25.2. The van der Waals surface area contributed by atoms with E-state index in [0.29, 0.717) is 0 Å². The van der Waals surface area contributed by atoms with E-state index in [2.05, 4.69) is 5.32 Å². The minimum Gasteiger partial charge on any atom is -0.307 e. The number of rotatable bonds is 7. The predicted octanol–water partition coefficient (Wildman–Crippen LogP) is 2.54. The van der Waals surface area contributed by atoms with Crippen molar-refractivity contribution in [2.45, 2.75) is 44.6 Å². The van der Waals surface area contributed by atoms with Crippen molar-refractivity contribution in [2.24, 2.45) is 0 Å². The predicted molar refractivity (Wildman–Crippen MR) is 83.3 cm³/mol. The van der Waals surface area contributed by atoms with Crippen LogP contribution in [0.25, 0.3) is 0 Å². The molecule has 8 nitrogen and oxygen atoms in total. The van der Waals surface area contributed by atoms with Crippen molar-refractivity contribution < 1.29 is 14.6 Å². The zero-order valence-electron chi connectivity index (χ0n) is 12.7. The summed E-state index contributed by atoms with van der Waals surface area (Å²) in [7, 11) is 0. The summed E-state index contributed by atoms with van der Waals surface area (Å²) >= 11 is 0. The lowest BCUT2D eigenvalue weighted by Crippen LogP contribution is -2.35. The number of hydrogen-bond donors (Lipinski definition) is 1. The topological polar surface area (TPSA) is 115 Å².